The summed E-state index contributed by atoms with van der Waals surface area (Å²) in [5, 5.41) is 36.3. The van der Waals surface area contributed by atoms with Crippen molar-refractivity contribution in [3.05, 3.63) is 6.33 Å². The number of sulfone groups is 1. The van der Waals surface area contributed by atoms with Gasteiger partial charge in [-0.05, 0) is 26.2 Å². The maximum Gasteiger partial charge on any atom is 0.320 e. The van der Waals surface area contributed by atoms with Gasteiger partial charge in [0.05, 0.1) is 6.33 Å². The molecule has 5 atom stereocenters. The minimum Gasteiger partial charge on any atom is -0.480 e. The monoisotopic (exact) mass is 657 g/mol. The smallest absolute Gasteiger partial charge is 0.320 e. The Bertz CT molecular complexity index is 1440. The summed E-state index contributed by atoms with van der Waals surface area (Å²) < 4.78 is 29.5. The van der Waals surface area contributed by atoms with Gasteiger partial charge in [-0.1, -0.05) is 12.8 Å². The first kappa shape index (κ1) is 35.8. The first-order chi connectivity index (χ1) is 21.2. The molecule has 0 aliphatic carbocycles. The fourth-order valence-corrected chi connectivity index (χ4v) is 5.52. The first-order valence-corrected chi connectivity index (χ1v) is 16.8. The van der Waals surface area contributed by atoms with Crippen LogP contribution >= 0.6 is 0 Å². The molecule has 0 bridgehead atoms. The zero-order valence-electron chi connectivity index (χ0n) is 25.3. The summed E-state index contributed by atoms with van der Waals surface area (Å²) in [6, 6.07) is -1.17. The molecular formula is C26H43N9O9S. The number of carboxylic acids is 1. The summed E-state index contributed by atoms with van der Waals surface area (Å²) in [6.07, 6.45) is -0.340. The molecule has 19 heteroatoms. The third-order valence-corrected chi connectivity index (χ3v) is 8.35. The highest BCUT2D eigenvalue weighted by Crippen LogP contribution is 2.33. The maximum atomic E-state index is 13.1. The third kappa shape index (κ3) is 9.92. The quantitative estimate of drug-likeness (QED) is 0.0871. The second kappa shape index (κ2) is 16.1. The van der Waals surface area contributed by atoms with Crippen molar-refractivity contribution in [3.63, 3.8) is 0 Å². The van der Waals surface area contributed by atoms with Crippen LogP contribution in [0.1, 0.15) is 51.7 Å². The number of aliphatic carboxylic acids is 1. The van der Waals surface area contributed by atoms with Gasteiger partial charge in [0.1, 0.15) is 33.6 Å². The predicted molar refractivity (Wildman–Crippen MR) is 162 cm³/mol. The molecule has 0 radical (unpaired) electrons. The highest BCUT2D eigenvalue weighted by molar-refractivity contribution is 7.90. The number of nitrogens with one attached hydrogen (secondary N) is 2. The number of ether oxygens (including phenoxy) is 1. The molecule has 1 aliphatic heterocycles. The minimum atomic E-state index is -2.97. The Labute approximate surface area is 260 Å². The van der Waals surface area contributed by atoms with E-state index in [2.05, 4.69) is 25.6 Å². The second-order valence-corrected chi connectivity index (χ2v) is 13.2. The fraction of sp³-hybridized carbons (Fsp3) is 0.692. The summed E-state index contributed by atoms with van der Waals surface area (Å²) in [5.41, 5.74) is 12.0. The Balaban J connectivity index is 1.57. The lowest BCUT2D eigenvalue weighted by atomic mass is 10.1. The number of hydrogen-bond donors (Lipinski definition) is 7. The van der Waals surface area contributed by atoms with Crippen molar-refractivity contribution in [1.82, 2.24) is 29.7 Å². The molecular weight excluding hydrogens is 614 g/mol. The first-order valence-electron chi connectivity index (χ1n) is 14.7. The number of nitrogens with zero attached hydrogens (tertiary/aromatic N) is 5. The van der Waals surface area contributed by atoms with Crippen LogP contribution in [-0.2, 0) is 29.0 Å². The van der Waals surface area contributed by atoms with Crippen LogP contribution in [0.5, 0.6) is 0 Å². The van der Waals surface area contributed by atoms with Crippen molar-refractivity contribution in [3.8, 4) is 0 Å². The van der Waals surface area contributed by atoms with Crippen LogP contribution in [0.3, 0.4) is 0 Å². The molecule has 1 aliphatic rings. The highest BCUT2D eigenvalue weighted by Gasteiger charge is 2.49. The number of hydrogen-bond acceptors (Lipinski definition) is 14. The van der Waals surface area contributed by atoms with Gasteiger partial charge in [-0.2, -0.15) is 9.97 Å². The summed E-state index contributed by atoms with van der Waals surface area (Å²) in [4.78, 5) is 50.3. The van der Waals surface area contributed by atoms with Crippen LogP contribution in [0.2, 0.25) is 0 Å². The Hall–Kier alpha value is -3.65. The van der Waals surface area contributed by atoms with Gasteiger partial charge in [-0.25, -0.2) is 13.4 Å². The number of carbonyl (C=O) groups excluding carboxylic acids is 2. The molecule has 9 N–H and O–H groups in total. The van der Waals surface area contributed by atoms with E-state index in [0.29, 0.717) is 19.3 Å². The number of anilines is 2. The largest absolute Gasteiger partial charge is 0.480 e. The number of nitrogens with two attached hydrogens (primary N) is 2. The van der Waals surface area contributed by atoms with Crippen molar-refractivity contribution >= 4 is 50.6 Å². The zero-order valence-corrected chi connectivity index (χ0v) is 26.1. The van der Waals surface area contributed by atoms with Crippen molar-refractivity contribution in [2.45, 2.75) is 76.0 Å². The lowest BCUT2D eigenvalue weighted by Gasteiger charge is -2.26. The van der Waals surface area contributed by atoms with E-state index >= 15 is 0 Å². The summed E-state index contributed by atoms with van der Waals surface area (Å²) in [5.74, 6) is -1.71. The van der Waals surface area contributed by atoms with E-state index in [9.17, 15) is 33.0 Å². The number of fused-ring (bicyclic) bond motifs is 1. The Morgan fingerprint density at radius 2 is 1.84 bits per heavy atom. The molecule has 252 valence electrons. The molecule has 1 saturated heterocycles. The predicted octanol–water partition coefficient (Wildman–Crippen LogP) is -1.80. The van der Waals surface area contributed by atoms with Crippen LogP contribution < -0.4 is 22.1 Å². The SMILES string of the molecule is CCN(CC[C@H](N)C(=O)O)C(=O)[C@H]1O[C@@H](n2cnc3c(N)nc(NCCNC(=O)CCCCCCS(C)(=O)=O)nc32)[C@H](O)[C@@H]1O. The number of nitrogen functional groups attached to an aromatic ring is 1. The van der Waals surface area contributed by atoms with Crippen molar-refractivity contribution in [2.75, 3.05) is 49.2 Å². The Morgan fingerprint density at radius 1 is 1.13 bits per heavy atom. The van der Waals surface area contributed by atoms with Crippen LogP contribution in [0.15, 0.2) is 6.33 Å². The number of aliphatic hydroxyl groups excluding tert-OH is 2. The van der Waals surface area contributed by atoms with Gasteiger partial charge < -0.3 is 47.1 Å². The standard InChI is InChI=1S/C26H43N9O9S/c1-3-34(12-9-15(27)25(40)41)23(39)20-18(37)19(38)24(44-20)35-14-31-17-21(28)32-26(33-22(17)35)30-11-10-29-16(36)8-6-4-5-7-13-45(2,42)43/h14-15,18-20,24,37-38H,3-13,27H2,1-2H3,(H,29,36)(H,40,41)(H3,28,30,32,33)/t15-,18-,19+,20-,24+/m0/s1. The molecule has 3 rings (SSSR count). The third-order valence-electron chi connectivity index (χ3n) is 7.32. The van der Waals surface area contributed by atoms with Crippen molar-refractivity contribution in [2.24, 2.45) is 5.73 Å². The molecule has 2 amide bonds. The molecule has 0 saturated carbocycles. The van der Waals surface area contributed by atoms with Gasteiger partial charge in [0.25, 0.3) is 5.91 Å². The molecule has 1 fully saturated rings. The summed E-state index contributed by atoms with van der Waals surface area (Å²) in [6.45, 7) is 2.40. The normalized spacial score (nSPS) is 20.6. The molecule has 0 spiro atoms. The van der Waals surface area contributed by atoms with Crippen LogP contribution in [0.4, 0.5) is 11.8 Å². The highest BCUT2D eigenvalue weighted by atomic mass is 32.2. The lowest BCUT2D eigenvalue weighted by molar-refractivity contribution is -0.149. The van der Waals surface area contributed by atoms with Gasteiger partial charge in [-0.3, -0.25) is 19.0 Å². The van der Waals surface area contributed by atoms with Gasteiger partial charge in [-0.15, -0.1) is 0 Å². The number of carboxylic acid groups (broad SMARTS) is 1. The van der Waals surface area contributed by atoms with Gasteiger partial charge in [0, 0.05) is 44.6 Å². The van der Waals surface area contributed by atoms with E-state index in [-0.39, 0.29) is 67.2 Å². The molecule has 2 aromatic rings. The maximum absolute atomic E-state index is 13.1. The molecule has 18 nitrogen and oxygen atoms in total. The minimum absolute atomic E-state index is 0.0106. The number of unbranched alkanes of at least 4 members (excludes halogenated alkanes) is 3. The molecule has 45 heavy (non-hydrogen) atoms. The average molecular weight is 658 g/mol. The molecule has 3 heterocycles. The van der Waals surface area contributed by atoms with E-state index in [0.717, 1.165) is 12.8 Å². The number of aliphatic hydroxyl groups is 2. The van der Waals surface area contributed by atoms with E-state index in [1.165, 1.54) is 22.1 Å². The number of imidazole rings is 1. The van der Waals surface area contributed by atoms with Gasteiger partial charge >= 0.3 is 5.97 Å². The average Bonchev–Trinajstić information content (AvgIpc) is 3.53. The number of aromatic nitrogens is 4. The van der Waals surface area contributed by atoms with Gasteiger partial charge in [0.15, 0.2) is 23.8 Å². The Kier molecular flexibility index (Phi) is 12.8. The molecule has 2 aromatic heterocycles. The molecule has 0 aromatic carbocycles. The summed E-state index contributed by atoms with van der Waals surface area (Å²) in [7, 11) is -2.97. The summed E-state index contributed by atoms with van der Waals surface area (Å²) >= 11 is 0. The number of carbonyl (C=O) groups is 3. The topological polar surface area (TPSA) is 278 Å². The van der Waals surface area contributed by atoms with E-state index in [1.54, 1.807) is 6.92 Å². The van der Waals surface area contributed by atoms with E-state index < -0.39 is 52.3 Å². The zero-order chi connectivity index (χ0) is 33.3. The van der Waals surface area contributed by atoms with E-state index in [4.69, 9.17) is 21.3 Å². The number of rotatable bonds is 18. The number of amides is 2. The van der Waals surface area contributed by atoms with Crippen LogP contribution in [0.25, 0.3) is 11.2 Å². The Morgan fingerprint density at radius 3 is 2.51 bits per heavy atom. The van der Waals surface area contributed by atoms with Gasteiger partial charge in [0.2, 0.25) is 11.9 Å². The van der Waals surface area contributed by atoms with Crippen LogP contribution in [0, 0.1) is 0 Å². The second-order valence-electron chi connectivity index (χ2n) is 10.9. The fourth-order valence-electron chi connectivity index (χ4n) is 4.79. The van der Waals surface area contributed by atoms with Crippen molar-refractivity contribution in [1.29, 1.82) is 0 Å². The van der Waals surface area contributed by atoms with Crippen LogP contribution in [-0.4, -0.2) is 128 Å². The van der Waals surface area contributed by atoms with Crippen molar-refractivity contribution < 1.29 is 42.9 Å². The van der Waals surface area contributed by atoms with E-state index in [1.807, 2.05) is 0 Å². The number of likely N-dealkylation sites (N-methyl/N-ethyl adjacent to an activating group) is 1. The lowest BCUT2D eigenvalue weighted by Crippen LogP contribution is -2.46. The molecule has 0 unspecified atom stereocenters.